The van der Waals surface area contributed by atoms with Gasteiger partial charge in [-0.25, -0.2) is 23.6 Å². The van der Waals surface area contributed by atoms with E-state index in [4.69, 9.17) is 44.3 Å². The van der Waals surface area contributed by atoms with E-state index in [-0.39, 0.29) is 5.95 Å². The van der Waals surface area contributed by atoms with Crippen molar-refractivity contribution in [2.45, 2.75) is 6.42 Å². The molecule has 144 valence electrons. The molecule has 0 spiro atoms. The fourth-order valence-electron chi connectivity index (χ4n) is 2.07. The number of hydrogen-bond acceptors (Lipinski definition) is 10. The molecule has 0 atom stereocenters. The lowest BCUT2D eigenvalue weighted by Crippen LogP contribution is -2.68. The van der Waals surface area contributed by atoms with Gasteiger partial charge >= 0.3 is 5.95 Å². The lowest BCUT2D eigenvalue weighted by molar-refractivity contribution is -2.00. The standard InChI is InChI=1S/C14H18N4O3.ClHO4/c1-19-10-5-8(6-11(20-2)12(10)21-3)4-9-7-17-14(16)18-13(9)15;2-1(3,4)5/h5-7H,4H2,1-3H3,(H4,15,16,17,18);(H,2,3,4,5). The van der Waals surface area contributed by atoms with Crippen molar-refractivity contribution < 1.29 is 48.1 Å². The van der Waals surface area contributed by atoms with Crippen LogP contribution in [0.5, 0.6) is 17.2 Å². The highest BCUT2D eigenvalue weighted by molar-refractivity contribution is 5.55. The highest BCUT2D eigenvalue weighted by Gasteiger charge is 2.15. The lowest BCUT2D eigenvalue weighted by Gasteiger charge is -2.17. The van der Waals surface area contributed by atoms with Crippen LogP contribution in [0.4, 0.5) is 11.8 Å². The quantitative estimate of drug-likeness (QED) is 0.505. The number of halogens is 1. The molecular weight excluding hydrogens is 372 g/mol. The van der Waals surface area contributed by atoms with E-state index >= 15 is 0 Å². The van der Waals surface area contributed by atoms with Crippen LogP contribution in [-0.4, -0.2) is 26.3 Å². The van der Waals surface area contributed by atoms with Crippen LogP contribution in [0.2, 0.25) is 0 Å². The third-order valence-electron chi connectivity index (χ3n) is 3.08. The van der Waals surface area contributed by atoms with Gasteiger partial charge in [-0.1, -0.05) is 4.98 Å². The Morgan fingerprint density at radius 3 is 1.88 bits per heavy atom. The predicted molar refractivity (Wildman–Crippen MR) is 78.5 cm³/mol. The van der Waals surface area contributed by atoms with Gasteiger partial charge < -0.3 is 19.9 Å². The topological polar surface area (TPSA) is 199 Å². The van der Waals surface area contributed by atoms with E-state index in [0.29, 0.717) is 29.5 Å². The zero-order valence-corrected chi connectivity index (χ0v) is 15.0. The van der Waals surface area contributed by atoms with E-state index in [1.54, 1.807) is 27.5 Å². The number of H-pyrrole nitrogens is 1. The normalized spacial score (nSPS) is 10.6. The van der Waals surface area contributed by atoms with Crippen LogP contribution in [0, 0.1) is 10.2 Å². The monoisotopic (exact) mass is 390 g/mol. The van der Waals surface area contributed by atoms with Crippen molar-refractivity contribution in [2.24, 2.45) is 0 Å². The van der Waals surface area contributed by atoms with E-state index in [0.717, 1.165) is 11.1 Å². The van der Waals surface area contributed by atoms with Crippen molar-refractivity contribution in [2.75, 3.05) is 32.8 Å². The second kappa shape index (κ2) is 9.22. The average molecular weight is 391 g/mol. The number of anilines is 2. The highest BCUT2D eigenvalue weighted by atomic mass is 35.7. The maximum Gasteiger partial charge on any atom is 0.388 e. The second-order valence-electron chi connectivity index (χ2n) is 4.78. The van der Waals surface area contributed by atoms with Gasteiger partial charge in [0, 0.05) is 12.0 Å². The van der Waals surface area contributed by atoms with E-state index in [1.807, 2.05) is 12.1 Å². The smallest absolute Gasteiger partial charge is 0.388 e. The van der Waals surface area contributed by atoms with Crippen LogP contribution in [-0.2, 0) is 6.42 Å². The fraction of sp³-hybridized carbons (Fsp3) is 0.286. The first-order valence-electron chi connectivity index (χ1n) is 6.92. The minimum absolute atomic E-state index is 0.279. The summed E-state index contributed by atoms with van der Waals surface area (Å²) in [6.07, 6.45) is 2.30. The van der Waals surface area contributed by atoms with Crippen LogP contribution < -0.4 is 49.3 Å². The summed E-state index contributed by atoms with van der Waals surface area (Å²) < 4.78 is 49.9. The number of hydrogen-bond donors (Lipinski definition) is 2. The molecule has 0 aliphatic carbocycles. The molecule has 5 N–H and O–H groups in total. The molecule has 0 aliphatic heterocycles. The van der Waals surface area contributed by atoms with Crippen LogP contribution in [0.3, 0.4) is 0 Å². The van der Waals surface area contributed by atoms with E-state index in [9.17, 15) is 0 Å². The lowest BCUT2D eigenvalue weighted by atomic mass is 10.1. The van der Waals surface area contributed by atoms with Crippen molar-refractivity contribution in [3.8, 4) is 17.2 Å². The van der Waals surface area contributed by atoms with E-state index < -0.39 is 10.2 Å². The zero-order valence-electron chi connectivity index (χ0n) is 14.3. The van der Waals surface area contributed by atoms with Gasteiger partial charge in [0.15, 0.2) is 11.5 Å². The number of rotatable bonds is 5. The summed E-state index contributed by atoms with van der Waals surface area (Å²) in [5.41, 5.74) is 13.2. The molecule has 0 radical (unpaired) electrons. The van der Waals surface area contributed by atoms with Crippen molar-refractivity contribution in [1.82, 2.24) is 4.98 Å². The number of nitrogen functional groups attached to an aromatic ring is 2. The van der Waals surface area contributed by atoms with Gasteiger partial charge in [0.05, 0.1) is 27.5 Å². The number of ether oxygens (including phenoxy) is 3. The first kappa shape index (κ1) is 21.5. The SMILES string of the molecule is COc1cc(Cc2c[nH+]c(N)nc2N)cc(OC)c1OC.[O-][Cl+3]([O-])([O-])[O-]. The molecular formula is C14H19ClN4O7. The molecule has 26 heavy (non-hydrogen) atoms. The first-order chi connectivity index (χ1) is 12.1. The number of nitrogens with two attached hydrogens (primary N) is 2. The highest BCUT2D eigenvalue weighted by Crippen LogP contribution is 2.38. The molecule has 0 aliphatic rings. The number of benzene rings is 1. The Labute approximate surface area is 151 Å². The van der Waals surface area contributed by atoms with Gasteiger partial charge in [0.2, 0.25) is 11.6 Å². The Balaban J connectivity index is 0.000000597. The number of aromatic amines is 1. The summed E-state index contributed by atoms with van der Waals surface area (Å²) in [4.78, 5) is 6.84. The molecule has 12 heteroatoms. The maximum absolute atomic E-state index is 8.49. The Kier molecular flexibility index (Phi) is 7.61. The molecule has 0 unspecified atom stereocenters. The Morgan fingerprint density at radius 1 is 1.00 bits per heavy atom. The molecule has 1 aromatic carbocycles. The molecule has 2 aromatic rings. The van der Waals surface area contributed by atoms with Crippen molar-refractivity contribution in [1.29, 1.82) is 0 Å². The van der Waals surface area contributed by atoms with Gasteiger partial charge in [-0.15, -0.1) is 10.2 Å². The first-order valence-corrected chi connectivity index (χ1v) is 8.15. The third-order valence-corrected chi connectivity index (χ3v) is 3.08. The van der Waals surface area contributed by atoms with Crippen LogP contribution in [0.25, 0.3) is 0 Å². The molecule has 0 amide bonds. The van der Waals surface area contributed by atoms with Crippen molar-refractivity contribution >= 4 is 11.8 Å². The van der Waals surface area contributed by atoms with E-state index in [2.05, 4.69) is 9.97 Å². The summed E-state index contributed by atoms with van der Waals surface area (Å²) in [6.45, 7) is 0. The largest absolute Gasteiger partial charge is 0.493 e. The Hall–Kier alpha value is -2.57. The van der Waals surface area contributed by atoms with Crippen molar-refractivity contribution in [3.63, 3.8) is 0 Å². The van der Waals surface area contributed by atoms with Crippen molar-refractivity contribution in [3.05, 3.63) is 29.5 Å². The summed E-state index contributed by atoms with van der Waals surface area (Å²) in [5, 5.41) is 0. The minimum Gasteiger partial charge on any atom is -0.493 e. The molecule has 0 saturated carbocycles. The molecule has 0 bridgehead atoms. The number of nitrogens with zero attached hydrogens (tertiary/aromatic N) is 1. The van der Waals surface area contributed by atoms with Gasteiger partial charge in [0.1, 0.15) is 0 Å². The predicted octanol–water partition coefficient (Wildman–Crippen LogP) is -4.08. The van der Waals surface area contributed by atoms with Gasteiger partial charge in [-0.3, -0.25) is 5.73 Å². The molecule has 0 saturated heterocycles. The molecule has 1 heterocycles. The average Bonchev–Trinajstić information content (AvgIpc) is 2.54. The van der Waals surface area contributed by atoms with Crippen LogP contribution >= 0.6 is 0 Å². The number of methoxy groups -OCH3 is 3. The fourth-order valence-corrected chi connectivity index (χ4v) is 2.07. The van der Waals surface area contributed by atoms with Gasteiger partial charge in [0.25, 0.3) is 0 Å². The second-order valence-corrected chi connectivity index (χ2v) is 5.54. The third kappa shape index (κ3) is 6.74. The summed E-state index contributed by atoms with van der Waals surface area (Å²) in [5.74, 6) is 2.41. The number of nitrogens with one attached hydrogen (secondary N) is 1. The Morgan fingerprint density at radius 2 is 1.50 bits per heavy atom. The Bertz CT molecular complexity index is 709. The summed E-state index contributed by atoms with van der Waals surface area (Å²) in [7, 11) is -0.223. The molecule has 0 fully saturated rings. The zero-order chi connectivity index (χ0) is 19.9. The van der Waals surface area contributed by atoms with Crippen LogP contribution in [0.15, 0.2) is 18.3 Å². The van der Waals surface area contributed by atoms with Crippen LogP contribution in [0.1, 0.15) is 11.1 Å². The molecule has 2 rings (SSSR count). The number of aromatic nitrogens is 2. The molecule has 11 nitrogen and oxygen atoms in total. The minimum atomic E-state index is -4.94. The van der Waals surface area contributed by atoms with E-state index in [1.165, 1.54) is 0 Å². The maximum atomic E-state index is 8.49. The molecule has 1 aromatic heterocycles. The van der Waals surface area contributed by atoms with Gasteiger partial charge in [-0.05, 0) is 17.7 Å². The summed E-state index contributed by atoms with van der Waals surface area (Å²) in [6, 6.07) is 3.74. The summed E-state index contributed by atoms with van der Waals surface area (Å²) >= 11 is 0. The van der Waals surface area contributed by atoms with Gasteiger partial charge in [-0.2, -0.15) is 0 Å².